The SMILES string of the molecule is CC(CNc1cnon1)NC(=O)/C=C/c1cccnc1. The van der Waals surface area contributed by atoms with Crippen LogP contribution in [-0.4, -0.2) is 33.8 Å². The Labute approximate surface area is 116 Å². The zero-order chi connectivity index (χ0) is 14.2. The zero-order valence-corrected chi connectivity index (χ0v) is 11.0. The van der Waals surface area contributed by atoms with Crippen LogP contribution in [0, 0.1) is 0 Å². The Balaban J connectivity index is 1.75. The summed E-state index contributed by atoms with van der Waals surface area (Å²) in [5, 5.41) is 12.9. The average Bonchev–Trinajstić information content (AvgIpc) is 2.97. The van der Waals surface area contributed by atoms with E-state index in [-0.39, 0.29) is 11.9 Å². The van der Waals surface area contributed by atoms with Gasteiger partial charge in [-0.05, 0) is 29.8 Å². The molecule has 7 heteroatoms. The molecule has 20 heavy (non-hydrogen) atoms. The topological polar surface area (TPSA) is 92.9 Å². The molecular weight excluding hydrogens is 258 g/mol. The molecular formula is C13H15N5O2. The smallest absolute Gasteiger partial charge is 0.244 e. The van der Waals surface area contributed by atoms with Crippen LogP contribution in [0.2, 0.25) is 0 Å². The number of amides is 1. The van der Waals surface area contributed by atoms with Gasteiger partial charge in [0.2, 0.25) is 5.91 Å². The van der Waals surface area contributed by atoms with Gasteiger partial charge in [-0.1, -0.05) is 11.2 Å². The third-order valence-corrected chi connectivity index (χ3v) is 2.45. The second-order valence-corrected chi connectivity index (χ2v) is 4.20. The van der Waals surface area contributed by atoms with Crippen LogP contribution in [0.15, 0.2) is 41.4 Å². The lowest BCUT2D eigenvalue weighted by Crippen LogP contribution is -2.36. The normalized spacial score (nSPS) is 12.2. The van der Waals surface area contributed by atoms with E-state index in [1.807, 2.05) is 19.1 Å². The molecule has 2 heterocycles. The molecule has 0 fully saturated rings. The summed E-state index contributed by atoms with van der Waals surface area (Å²) in [5.74, 6) is 0.374. The summed E-state index contributed by atoms with van der Waals surface area (Å²) in [6.45, 7) is 2.41. The molecule has 2 aromatic heterocycles. The van der Waals surface area contributed by atoms with Crippen molar-refractivity contribution in [1.82, 2.24) is 20.6 Å². The van der Waals surface area contributed by atoms with Gasteiger partial charge in [-0.15, -0.1) is 0 Å². The van der Waals surface area contributed by atoms with E-state index in [1.54, 1.807) is 18.5 Å². The fraction of sp³-hybridized carbons (Fsp3) is 0.231. The quantitative estimate of drug-likeness (QED) is 0.765. The van der Waals surface area contributed by atoms with E-state index < -0.39 is 0 Å². The van der Waals surface area contributed by atoms with Gasteiger partial charge in [0.05, 0.1) is 0 Å². The third kappa shape index (κ3) is 4.52. The van der Waals surface area contributed by atoms with Crippen molar-refractivity contribution in [2.75, 3.05) is 11.9 Å². The van der Waals surface area contributed by atoms with Gasteiger partial charge in [0, 0.05) is 31.1 Å². The number of hydrogen-bond donors (Lipinski definition) is 2. The van der Waals surface area contributed by atoms with Crippen molar-refractivity contribution in [2.24, 2.45) is 0 Å². The van der Waals surface area contributed by atoms with E-state index in [1.165, 1.54) is 12.3 Å². The maximum absolute atomic E-state index is 11.7. The van der Waals surface area contributed by atoms with Gasteiger partial charge in [-0.3, -0.25) is 9.78 Å². The molecule has 2 aromatic rings. The molecule has 2 rings (SSSR count). The lowest BCUT2D eigenvalue weighted by Gasteiger charge is -2.12. The number of carbonyl (C=O) groups excluding carboxylic acids is 1. The first-order chi connectivity index (χ1) is 9.74. The van der Waals surface area contributed by atoms with Crippen LogP contribution in [0.25, 0.3) is 6.08 Å². The van der Waals surface area contributed by atoms with Crippen LogP contribution in [0.3, 0.4) is 0 Å². The summed E-state index contributed by atoms with van der Waals surface area (Å²) in [6.07, 6.45) is 8.03. The number of pyridine rings is 1. The molecule has 0 aromatic carbocycles. The molecule has 0 saturated carbocycles. The summed E-state index contributed by atoms with van der Waals surface area (Å²) >= 11 is 0. The van der Waals surface area contributed by atoms with Crippen LogP contribution in [-0.2, 0) is 4.79 Å². The lowest BCUT2D eigenvalue weighted by atomic mass is 10.2. The van der Waals surface area contributed by atoms with Gasteiger partial charge in [0.1, 0.15) is 6.20 Å². The first kappa shape index (κ1) is 13.7. The van der Waals surface area contributed by atoms with Crippen LogP contribution in [0.1, 0.15) is 12.5 Å². The molecule has 0 saturated heterocycles. The molecule has 0 aliphatic carbocycles. The van der Waals surface area contributed by atoms with E-state index in [9.17, 15) is 4.79 Å². The summed E-state index contributed by atoms with van der Waals surface area (Å²) in [5.41, 5.74) is 0.877. The van der Waals surface area contributed by atoms with Crippen molar-refractivity contribution in [2.45, 2.75) is 13.0 Å². The van der Waals surface area contributed by atoms with Crippen molar-refractivity contribution >= 4 is 17.8 Å². The van der Waals surface area contributed by atoms with Crippen LogP contribution in [0.4, 0.5) is 5.82 Å². The molecule has 2 N–H and O–H groups in total. The van der Waals surface area contributed by atoms with Crippen molar-refractivity contribution in [1.29, 1.82) is 0 Å². The van der Waals surface area contributed by atoms with Crippen molar-refractivity contribution < 1.29 is 9.42 Å². The highest BCUT2D eigenvalue weighted by molar-refractivity contribution is 5.91. The van der Waals surface area contributed by atoms with Gasteiger partial charge in [-0.25, -0.2) is 4.63 Å². The summed E-state index contributed by atoms with van der Waals surface area (Å²) in [7, 11) is 0. The van der Waals surface area contributed by atoms with Gasteiger partial charge in [0.15, 0.2) is 5.82 Å². The molecule has 0 aliphatic heterocycles. The lowest BCUT2D eigenvalue weighted by molar-refractivity contribution is -0.116. The fourth-order valence-corrected chi connectivity index (χ4v) is 1.49. The Hall–Kier alpha value is -2.70. The van der Waals surface area contributed by atoms with Crippen LogP contribution >= 0.6 is 0 Å². The summed E-state index contributed by atoms with van der Waals surface area (Å²) in [6, 6.07) is 3.63. The number of hydrogen-bond acceptors (Lipinski definition) is 6. The van der Waals surface area contributed by atoms with Gasteiger partial charge in [-0.2, -0.15) is 0 Å². The van der Waals surface area contributed by atoms with E-state index in [0.717, 1.165) is 5.56 Å². The standard InChI is InChI=1S/C13H15N5O2/c1-10(7-15-12-9-16-20-18-12)17-13(19)5-4-11-3-2-6-14-8-11/h2-6,8-10H,7H2,1H3,(H,15,18)(H,17,19)/b5-4+. The molecule has 104 valence electrons. The minimum absolute atomic E-state index is 0.0576. The largest absolute Gasteiger partial charge is 0.364 e. The van der Waals surface area contributed by atoms with Crippen molar-refractivity contribution in [3.05, 3.63) is 42.4 Å². The van der Waals surface area contributed by atoms with Gasteiger partial charge >= 0.3 is 0 Å². The Morgan fingerprint density at radius 3 is 3.10 bits per heavy atom. The van der Waals surface area contributed by atoms with Crippen molar-refractivity contribution in [3.63, 3.8) is 0 Å². The average molecular weight is 273 g/mol. The Morgan fingerprint density at radius 1 is 1.50 bits per heavy atom. The van der Waals surface area contributed by atoms with E-state index >= 15 is 0 Å². The van der Waals surface area contributed by atoms with Crippen molar-refractivity contribution in [3.8, 4) is 0 Å². The minimum Gasteiger partial charge on any atom is -0.364 e. The maximum atomic E-state index is 11.7. The number of nitrogens with zero attached hydrogens (tertiary/aromatic N) is 3. The highest BCUT2D eigenvalue weighted by atomic mass is 16.6. The monoisotopic (exact) mass is 273 g/mol. The summed E-state index contributed by atoms with van der Waals surface area (Å²) < 4.78 is 4.45. The van der Waals surface area contributed by atoms with Crippen LogP contribution < -0.4 is 10.6 Å². The Morgan fingerprint density at radius 2 is 2.40 bits per heavy atom. The highest BCUT2D eigenvalue weighted by Gasteiger charge is 2.05. The molecule has 7 nitrogen and oxygen atoms in total. The zero-order valence-electron chi connectivity index (χ0n) is 11.0. The first-order valence-electron chi connectivity index (χ1n) is 6.14. The minimum atomic E-state index is -0.165. The highest BCUT2D eigenvalue weighted by Crippen LogP contribution is 1.99. The predicted octanol–water partition coefficient (Wildman–Crippen LogP) is 1.09. The first-order valence-corrected chi connectivity index (χ1v) is 6.14. The fourth-order valence-electron chi connectivity index (χ4n) is 1.49. The number of nitrogens with one attached hydrogen (secondary N) is 2. The van der Waals surface area contributed by atoms with Gasteiger partial charge < -0.3 is 10.6 Å². The van der Waals surface area contributed by atoms with Crippen LogP contribution in [0.5, 0.6) is 0 Å². The molecule has 0 bridgehead atoms. The predicted molar refractivity (Wildman–Crippen MR) is 73.7 cm³/mol. The van der Waals surface area contributed by atoms with E-state index in [4.69, 9.17) is 0 Å². The summed E-state index contributed by atoms with van der Waals surface area (Å²) in [4.78, 5) is 15.7. The van der Waals surface area contributed by atoms with E-state index in [2.05, 4.69) is 30.6 Å². The Bertz CT molecular complexity index is 553. The van der Waals surface area contributed by atoms with E-state index in [0.29, 0.717) is 12.4 Å². The third-order valence-electron chi connectivity index (χ3n) is 2.45. The van der Waals surface area contributed by atoms with Gasteiger partial charge in [0.25, 0.3) is 0 Å². The maximum Gasteiger partial charge on any atom is 0.244 e. The second kappa shape index (κ2) is 7.03. The Kier molecular flexibility index (Phi) is 4.82. The number of aromatic nitrogens is 3. The number of carbonyl (C=O) groups is 1. The second-order valence-electron chi connectivity index (χ2n) is 4.20. The molecule has 0 aliphatic rings. The molecule has 1 atom stereocenters. The molecule has 0 spiro atoms. The molecule has 0 radical (unpaired) electrons. The molecule has 1 amide bonds. The number of anilines is 1. The number of rotatable bonds is 6. The molecule has 1 unspecified atom stereocenters.